The first-order valence-electron chi connectivity index (χ1n) is 4.58. The van der Waals surface area contributed by atoms with Crippen molar-refractivity contribution in [2.45, 2.75) is 25.7 Å². The van der Waals surface area contributed by atoms with Gasteiger partial charge in [-0.3, -0.25) is 0 Å². The van der Waals surface area contributed by atoms with Crippen LogP contribution in [-0.2, 0) is 4.43 Å². The van der Waals surface area contributed by atoms with Crippen LogP contribution in [0.15, 0.2) is 0 Å². The van der Waals surface area contributed by atoms with Crippen LogP contribution < -0.4 is 5.32 Å². The third kappa shape index (κ3) is 2.03. The zero-order valence-corrected chi connectivity index (χ0v) is 9.76. The highest BCUT2D eigenvalue weighted by Crippen LogP contribution is 2.16. The van der Waals surface area contributed by atoms with Crippen LogP contribution in [0.1, 0.15) is 6.92 Å². The van der Waals surface area contributed by atoms with E-state index >= 15 is 0 Å². The molecule has 0 bridgehead atoms. The summed E-state index contributed by atoms with van der Waals surface area (Å²) in [6.45, 7) is 7.89. The molecule has 1 saturated heterocycles. The van der Waals surface area contributed by atoms with Gasteiger partial charge >= 0.3 is 6.03 Å². The van der Waals surface area contributed by atoms with E-state index < -0.39 is 8.32 Å². The van der Waals surface area contributed by atoms with E-state index in [-0.39, 0.29) is 11.7 Å². The molecule has 0 aromatic heterocycles. The van der Waals surface area contributed by atoms with Crippen molar-refractivity contribution in [3.8, 4) is 0 Å². The summed E-state index contributed by atoms with van der Waals surface area (Å²) in [5.74, 6) is 0. The maximum atomic E-state index is 11.4. The van der Waals surface area contributed by atoms with Crippen molar-refractivity contribution in [2.75, 3.05) is 20.2 Å². The van der Waals surface area contributed by atoms with Gasteiger partial charge in [-0.15, -0.1) is 0 Å². The molecule has 0 spiro atoms. The van der Waals surface area contributed by atoms with Gasteiger partial charge in [-0.2, -0.15) is 0 Å². The van der Waals surface area contributed by atoms with Gasteiger partial charge in [0.25, 0.3) is 0 Å². The molecule has 1 aliphatic rings. The van der Waals surface area contributed by atoms with E-state index in [0.717, 1.165) is 13.1 Å². The lowest BCUT2D eigenvalue weighted by Crippen LogP contribution is -2.53. The number of rotatable bonds is 3. The van der Waals surface area contributed by atoms with Crippen LogP contribution in [0.3, 0.4) is 0 Å². The molecule has 0 aromatic rings. The van der Waals surface area contributed by atoms with Gasteiger partial charge < -0.3 is 14.6 Å². The molecular weight excluding hydrogens is 184 g/mol. The second kappa shape index (κ2) is 3.67. The van der Waals surface area contributed by atoms with Gasteiger partial charge in [-0.25, -0.2) is 4.79 Å². The minimum Gasteiger partial charge on any atom is -0.418 e. The summed E-state index contributed by atoms with van der Waals surface area (Å²) in [5.41, 5.74) is 0.236. The number of carbonyl (C=O) groups is 1. The van der Waals surface area contributed by atoms with Crippen LogP contribution in [0.5, 0.6) is 0 Å². The van der Waals surface area contributed by atoms with Crippen LogP contribution >= 0.6 is 0 Å². The van der Waals surface area contributed by atoms with Gasteiger partial charge in [-0.05, 0) is 20.0 Å². The molecule has 5 heteroatoms. The largest absolute Gasteiger partial charge is 0.418 e. The topological polar surface area (TPSA) is 41.6 Å². The monoisotopic (exact) mass is 202 g/mol. The molecule has 13 heavy (non-hydrogen) atoms. The number of carbonyl (C=O) groups excluding carboxylic acids is 1. The Morgan fingerprint density at radius 1 is 1.62 bits per heavy atom. The van der Waals surface area contributed by atoms with E-state index in [2.05, 4.69) is 25.3 Å². The van der Waals surface area contributed by atoms with Crippen LogP contribution in [-0.4, -0.2) is 45.1 Å². The molecule has 0 aromatic carbocycles. The SMILES string of the molecule is CO[Si](C)(C)C(C)N1CCNC1=O. The third-order valence-corrected chi connectivity index (χ3v) is 6.27. The Kier molecular flexibility index (Phi) is 2.97. The molecule has 1 heterocycles. The van der Waals surface area contributed by atoms with Gasteiger partial charge in [0, 0.05) is 25.9 Å². The number of nitrogens with zero attached hydrogens (tertiary/aromatic N) is 1. The van der Waals surface area contributed by atoms with E-state index in [1.807, 2.05) is 4.90 Å². The lowest BCUT2D eigenvalue weighted by Gasteiger charge is -2.33. The molecular formula is C8H18N2O2Si. The van der Waals surface area contributed by atoms with Crippen LogP contribution in [0, 0.1) is 0 Å². The van der Waals surface area contributed by atoms with Gasteiger partial charge in [0.05, 0.1) is 0 Å². The lowest BCUT2D eigenvalue weighted by molar-refractivity contribution is 0.208. The Labute approximate surface area is 80.4 Å². The zero-order chi connectivity index (χ0) is 10.1. The first-order chi connectivity index (χ1) is 5.99. The predicted molar refractivity (Wildman–Crippen MR) is 54.1 cm³/mol. The Bertz CT molecular complexity index is 208. The minimum absolute atomic E-state index is 0.0464. The van der Waals surface area contributed by atoms with E-state index in [4.69, 9.17) is 4.43 Å². The van der Waals surface area contributed by atoms with Gasteiger partial charge in [0.15, 0.2) is 0 Å². The molecule has 1 aliphatic heterocycles. The molecule has 1 rings (SSSR count). The third-order valence-electron chi connectivity index (χ3n) is 2.89. The molecule has 0 radical (unpaired) electrons. The molecule has 1 unspecified atom stereocenters. The number of hydrogen-bond donors (Lipinski definition) is 1. The molecule has 0 saturated carbocycles. The molecule has 4 nitrogen and oxygen atoms in total. The second-order valence-electron chi connectivity index (χ2n) is 3.91. The van der Waals surface area contributed by atoms with Crippen molar-refractivity contribution >= 4 is 14.3 Å². The van der Waals surface area contributed by atoms with E-state index in [0.29, 0.717) is 0 Å². The average molecular weight is 202 g/mol. The molecule has 1 N–H and O–H groups in total. The fraction of sp³-hybridized carbons (Fsp3) is 0.875. The highest BCUT2D eigenvalue weighted by Gasteiger charge is 2.37. The minimum atomic E-state index is -1.72. The Morgan fingerprint density at radius 2 is 2.23 bits per heavy atom. The molecule has 76 valence electrons. The summed E-state index contributed by atoms with van der Waals surface area (Å²) < 4.78 is 5.48. The van der Waals surface area contributed by atoms with Gasteiger partial charge in [0.1, 0.15) is 0 Å². The normalized spacial score (nSPS) is 20.3. The van der Waals surface area contributed by atoms with E-state index in [9.17, 15) is 4.79 Å². The van der Waals surface area contributed by atoms with Crippen molar-refractivity contribution < 1.29 is 9.22 Å². The van der Waals surface area contributed by atoms with Crippen molar-refractivity contribution in [2.24, 2.45) is 0 Å². The fourth-order valence-electron chi connectivity index (χ4n) is 1.40. The first kappa shape index (κ1) is 10.5. The highest BCUT2D eigenvalue weighted by molar-refractivity contribution is 6.72. The summed E-state index contributed by atoms with van der Waals surface area (Å²) in [6, 6.07) is 0.0464. The van der Waals surface area contributed by atoms with Crippen molar-refractivity contribution in [3.05, 3.63) is 0 Å². The fourth-order valence-corrected chi connectivity index (χ4v) is 2.74. The summed E-state index contributed by atoms with van der Waals surface area (Å²) >= 11 is 0. The molecule has 1 atom stereocenters. The maximum Gasteiger partial charge on any atom is 0.317 e. The summed E-state index contributed by atoms with van der Waals surface area (Å²) in [4.78, 5) is 13.2. The van der Waals surface area contributed by atoms with Gasteiger partial charge in [-0.1, -0.05) is 0 Å². The van der Waals surface area contributed by atoms with Crippen LogP contribution in [0.2, 0.25) is 13.1 Å². The number of urea groups is 1. The second-order valence-corrected chi connectivity index (χ2v) is 8.36. The highest BCUT2D eigenvalue weighted by atomic mass is 28.4. The summed E-state index contributed by atoms with van der Waals surface area (Å²) in [5, 5.41) is 2.80. The number of nitrogens with one attached hydrogen (secondary N) is 1. The van der Waals surface area contributed by atoms with E-state index in [1.165, 1.54) is 0 Å². The quantitative estimate of drug-likeness (QED) is 0.688. The smallest absolute Gasteiger partial charge is 0.317 e. The average Bonchev–Trinajstić information content (AvgIpc) is 2.50. The standard InChI is InChI=1S/C8H18N2O2Si/c1-7(13(3,4)12-2)10-6-5-9-8(10)11/h7H,5-6H2,1-4H3,(H,9,11). The Balaban J connectivity index is 2.66. The number of hydrogen-bond acceptors (Lipinski definition) is 2. The first-order valence-corrected chi connectivity index (χ1v) is 7.57. The number of amides is 2. The molecule has 1 fully saturated rings. The Hall–Kier alpha value is -0.553. The van der Waals surface area contributed by atoms with Crippen molar-refractivity contribution in [1.29, 1.82) is 0 Å². The van der Waals surface area contributed by atoms with Crippen molar-refractivity contribution in [3.63, 3.8) is 0 Å². The van der Waals surface area contributed by atoms with Crippen LogP contribution in [0.25, 0.3) is 0 Å². The summed E-state index contributed by atoms with van der Waals surface area (Å²) in [6.07, 6.45) is 0. The summed E-state index contributed by atoms with van der Waals surface area (Å²) in [7, 11) is 0.0104. The maximum absolute atomic E-state index is 11.4. The lowest BCUT2D eigenvalue weighted by atomic mass is 10.6. The van der Waals surface area contributed by atoms with Gasteiger partial charge in [0.2, 0.25) is 8.32 Å². The van der Waals surface area contributed by atoms with Crippen molar-refractivity contribution in [1.82, 2.24) is 10.2 Å². The van der Waals surface area contributed by atoms with Crippen LogP contribution in [0.4, 0.5) is 4.79 Å². The predicted octanol–water partition coefficient (Wildman–Crippen LogP) is 0.791. The molecule has 0 aliphatic carbocycles. The van der Waals surface area contributed by atoms with E-state index in [1.54, 1.807) is 7.11 Å². The zero-order valence-electron chi connectivity index (χ0n) is 8.76. The Morgan fingerprint density at radius 3 is 2.62 bits per heavy atom. The molecule has 2 amide bonds.